The quantitative estimate of drug-likeness (QED) is 0.902. The molecule has 0 radical (unpaired) electrons. The molecule has 1 aromatic heterocycles. The van der Waals surface area contributed by atoms with Crippen molar-refractivity contribution in [3.8, 4) is 0 Å². The second-order valence-corrected chi connectivity index (χ2v) is 7.35. The van der Waals surface area contributed by atoms with E-state index in [0.717, 1.165) is 22.8 Å². The van der Waals surface area contributed by atoms with Gasteiger partial charge >= 0.3 is 0 Å². The van der Waals surface area contributed by atoms with E-state index in [1.54, 1.807) is 0 Å². The highest BCUT2D eigenvalue weighted by molar-refractivity contribution is 8.00. The molecule has 0 bridgehead atoms. The number of hydrogen-bond donors (Lipinski definition) is 1. The Bertz CT molecular complexity index is 337. The molecule has 0 aromatic carbocycles. The van der Waals surface area contributed by atoms with Crippen molar-refractivity contribution in [3.63, 3.8) is 0 Å². The molecule has 2 heterocycles. The summed E-state index contributed by atoms with van der Waals surface area (Å²) in [6, 6.07) is 0. The van der Waals surface area contributed by atoms with E-state index < -0.39 is 0 Å². The minimum Gasteiger partial charge on any atom is -0.359 e. The Kier molecular flexibility index (Phi) is 3.74. The van der Waals surface area contributed by atoms with E-state index in [9.17, 15) is 0 Å². The molecule has 1 N–H and O–H groups in total. The van der Waals surface area contributed by atoms with Crippen LogP contribution in [0, 0.1) is 0 Å². The summed E-state index contributed by atoms with van der Waals surface area (Å²) in [4.78, 5) is 4.53. The van der Waals surface area contributed by atoms with Gasteiger partial charge in [-0.3, -0.25) is 0 Å². The molecule has 1 aliphatic rings. The molecule has 0 amide bonds. The van der Waals surface area contributed by atoms with Crippen molar-refractivity contribution in [1.82, 2.24) is 9.36 Å². The molecular formula is C11H19N3S2. The Morgan fingerprint density at radius 2 is 2.25 bits per heavy atom. The molecule has 0 aliphatic carbocycles. The topological polar surface area (TPSA) is 37.8 Å². The van der Waals surface area contributed by atoms with Gasteiger partial charge in [0.15, 0.2) is 0 Å². The van der Waals surface area contributed by atoms with Gasteiger partial charge in [-0.25, -0.2) is 4.98 Å². The standard InChI is InChI=1S/C11H19N3S2/c1-11(2,3)9-13-10(16-14-9)12-7-8-5-4-6-15-8/h8H,4-7H2,1-3H3,(H,12,13,14). The fourth-order valence-corrected chi connectivity index (χ4v) is 3.57. The van der Waals surface area contributed by atoms with E-state index in [0.29, 0.717) is 0 Å². The molecule has 1 fully saturated rings. The summed E-state index contributed by atoms with van der Waals surface area (Å²) in [5, 5.41) is 5.14. The molecule has 1 atom stereocenters. The maximum atomic E-state index is 4.53. The number of rotatable bonds is 3. The highest BCUT2D eigenvalue weighted by Crippen LogP contribution is 2.27. The molecule has 16 heavy (non-hydrogen) atoms. The second-order valence-electron chi connectivity index (χ2n) is 5.19. The molecule has 1 unspecified atom stereocenters. The van der Waals surface area contributed by atoms with Crippen LogP contribution in [0.4, 0.5) is 5.13 Å². The molecule has 5 heteroatoms. The van der Waals surface area contributed by atoms with Gasteiger partial charge in [-0.1, -0.05) is 20.8 Å². The van der Waals surface area contributed by atoms with Crippen LogP contribution in [0.2, 0.25) is 0 Å². The summed E-state index contributed by atoms with van der Waals surface area (Å²) in [6.45, 7) is 7.46. The smallest absolute Gasteiger partial charge is 0.202 e. The Labute approximate surface area is 106 Å². The average molecular weight is 257 g/mol. The van der Waals surface area contributed by atoms with Crippen molar-refractivity contribution in [3.05, 3.63) is 5.82 Å². The van der Waals surface area contributed by atoms with Crippen LogP contribution in [0.15, 0.2) is 0 Å². The molecule has 90 valence electrons. The highest BCUT2D eigenvalue weighted by atomic mass is 32.2. The molecule has 1 aromatic rings. The largest absolute Gasteiger partial charge is 0.359 e. The molecule has 2 rings (SSSR count). The van der Waals surface area contributed by atoms with Crippen molar-refractivity contribution >= 4 is 28.4 Å². The Morgan fingerprint density at radius 1 is 1.44 bits per heavy atom. The van der Waals surface area contributed by atoms with Crippen molar-refractivity contribution in [1.29, 1.82) is 0 Å². The first kappa shape index (κ1) is 12.2. The van der Waals surface area contributed by atoms with Gasteiger partial charge in [0, 0.05) is 28.7 Å². The lowest BCUT2D eigenvalue weighted by molar-refractivity contribution is 0.555. The summed E-state index contributed by atoms with van der Waals surface area (Å²) in [5.41, 5.74) is 0.0541. The predicted octanol–water partition coefficient (Wildman–Crippen LogP) is 3.14. The van der Waals surface area contributed by atoms with Crippen LogP contribution in [0.1, 0.15) is 39.4 Å². The molecular weight excluding hydrogens is 238 g/mol. The summed E-state index contributed by atoms with van der Waals surface area (Å²) in [6.07, 6.45) is 2.70. The minimum atomic E-state index is 0.0541. The summed E-state index contributed by atoms with van der Waals surface area (Å²) < 4.78 is 4.39. The van der Waals surface area contributed by atoms with Gasteiger partial charge in [-0.05, 0) is 18.6 Å². The van der Waals surface area contributed by atoms with Gasteiger partial charge in [0.2, 0.25) is 5.13 Å². The maximum absolute atomic E-state index is 4.53. The lowest BCUT2D eigenvalue weighted by atomic mass is 9.96. The fraction of sp³-hybridized carbons (Fsp3) is 0.818. The summed E-state index contributed by atoms with van der Waals surface area (Å²) in [5.74, 6) is 2.26. The van der Waals surface area contributed by atoms with Crippen LogP contribution in [0.25, 0.3) is 0 Å². The lowest BCUT2D eigenvalue weighted by Crippen LogP contribution is -2.15. The first-order valence-corrected chi connectivity index (χ1v) is 7.57. The Hall–Kier alpha value is -0.290. The van der Waals surface area contributed by atoms with Crippen LogP contribution >= 0.6 is 23.3 Å². The second kappa shape index (κ2) is 4.92. The first-order valence-electron chi connectivity index (χ1n) is 5.75. The average Bonchev–Trinajstić information content (AvgIpc) is 2.85. The number of anilines is 1. The summed E-state index contributed by atoms with van der Waals surface area (Å²) in [7, 11) is 0. The van der Waals surface area contributed by atoms with Gasteiger partial charge in [0.1, 0.15) is 5.82 Å². The predicted molar refractivity (Wildman–Crippen MR) is 72.6 cm³/mol. The van der Waals surface area contributed by atoms with E-state index in [2.05, 4.69) is 47.2 Å². The van der Waals surface area contributed by atoms with E-state index in [-0.39, 0.29) is 5.41 Å². The van der Waals surface area contributed by atoms with Crippen LogP contribution in [0.5, 0.6) is 0 Å². The fourth-order valence-electron chi connectivity index (χ4n) is 1.61. The Balaban J connectivity index is 1.87. The zero-order valence-electron chi connectivity index (χ0n) is 10.1. The van der Waals surface area contributed by atoms with Gasteiger partial charge < -0.3 is 5.32 Å². The third-order valence-corrected chi connectivity index (χ3v) is 4.67. The van der Waals surface area contributed by atoms with Gasteiger partial charge in [-0.15, -0.1) is 0 Å². The first-order chi connectivity index (χ1) is 7.55. The van der Waals surface area contributed by atoms with E-state index in [1.165, 1.54) is 30.1 Å². The SMILES string of the molecule is CC(C)(C)c1nsc(NCC2CCCS2)n1. The zero-order valence-corrected chi connectivity index (χ0v) is 11.7. The number of thioether (sulfide) groups is 1. The monoisotopic (exact) mass is 257 g/mol. The van der Waals surface area contributed by atoms with E-state index in [4.69, 9.17) is 0 Å². The van der Waals surface area contributed by atoms with Gasteiger partial charge in [0.25, 0.3) is 0 Å². The van der Waals surface area contributed by atoms with Crippen molar-refractivity contribution in [2.24, 2.45) is 0 Å². The normalized spacial score (nSPS) is 21.3. The number of hydrogen-bond acceptors (Lipinski definition) is 5. The third-order valence-electron chi connectivity index (χ3n) is 2.60. The number of nitrogens with zero attached hydrogens (tertiary/aromatic N) is 2. The van der Waals surface area contributed by atoms with Crippen molar-refractivity contribution in [2.45, 2.75) is 44.3 Å². The van der Waals surface area contributed by atoms with Crippen LogP contribution in [-0.2, 0) is 5.41 Å². The lowest BCUT2D eigenvalue weighted by Gasteiger charge is -2.12. The summed E-state index contributed by atoms with van der Waals surface area (Å²) >= 11 is 3.55. The maximum Gasteiger partial charge on any atom is 0.202 e. The molecule has 1 saturated heterocycles. The van der Waals surface area contributed by atoms with E-state index >= 15 is 0 Å². The van der Waals surface area contributed by atoms with Crippen LogP contribution < -0.4 is 5.32 Å². The van der Waals surface area contributed by atoms with Crippen molar-refractivity contribution in [2.75, 3.05) is 17.6 Å². The zero-order chi connectivity index (χ0) is 11.6. The van der Waals surface area contributed by atoms with Crippen molar-refractivity contribution < 1.29 is 0 Å². The van der Waals surface area contributed by atoms with Crippen LogP contribution in [-0.4, -0.2) is 26.9 Å². The third kappa shape index (κ3) is 3.10. The Morgan fingerprint density at radius 3 is 2.81 bits per heavy atom. The molecule has 0 spiro atoms. The number of aromatic nitrogens is 2. The highest BCUT2D eigenvalue weighted by Gasteiger charge is 2.20. The minimum absolute atomic E-state index is 0.0541. The number of nitrogens with one attached hydrogen (secondary N) is 1. The van der Waals surface area contributed by atoms with Gasteiger partial charge in [0.05, 0.1) is 0 Å². The van der Waals surface area contributed by atoms with Crippen LogP contribution in [0.3, 0.4) is 0 Å². The van der Waals surface area contributed by atoms with Gasteiger partial charge in [-0.2, -0.15) is 16.1 Å². The molecule has 3 nitrogen and oxygen atoms in total. The molecule has 0 saturated carbocycles. The van der Waals surface area contributed by atoms with E-state index in [1.807, 2.05) is 0 Å². The molecule has 1 aliphatic heterocycles.